The highest BCUT2D eigenvalue weighted by Gasteiger charge is 2.03. The highest BCUT2D eigenvalue weighted by molar-refractivity contribution is 6.31. The van der Waals surface area contributed by atoms with E-state index in [9.17, 15) is 4.39 Å². The summed E-state index contributed by atoms with van der Waals surface area (Å²) in [5.41, 5.74) is 1.38. The second-order valence-electron chi connectivity index (χ2n) is 2.72. The van der Waals surface area contributed by atoms with E-state index in [2.05, 4.69) is 5.32 Å². The van der Waals surface area contributed by atoms with Crippen molar-refractivity contribution in [2.75, 3.05) is 7.05 Å². The zero-order chi connectivity index (χ0) is 9.14. The molecule has 1 N–H and O–H groups in total. The third kappa shape index (κ3) is 1.96. The number of benzene rings is 1. The summed E-state index contributed by atoms with van der Waals surface area (Å²) in [4.78, 5) is 0. The topological polar surface area (TPSA) is 12.0 Å². The molecule has 1 aromatic carbocycles. The maximum Gasteiger partial charge on any atom is 0.126 e. The van der Waals surface area contributed by atoms with Gasteiger partial charge in [0.05, 0.1) is 0 Å². The molecule has 0 bridgehead atoms. The van der Waals surface area contributed by atoms with Crippen molar-refractivity contribution in [2.45, 2.75) is 13.5 Å². The van der Waals surface area contributed by atoms with Crippen LogP contribution in [-0.2, 0) is 6.54 Å². The van der Waals surface area contributed by atoms with E-state index >= 15 is 0 Å². The number of hydrogen-bond donors (Lipinski definition) is 1. The molecule has 0 aromatic heterocycles. The number of hydrogen-bond acceptors (Lipinski definition) is 1. The molecular formula is C9H11ClFN. The van der Waals surface area contributed by atoms with Crippen molar-refractivity contribution >= 4 is 11.6 Å². The maximum absolute atomic E-state index is 13.0. The molecule has 0 fully saturated rings. The first-order chi connectivity index (χ1) is 5.65. The van der Waals surface area contributed by atoms with Gasteiger partial charge in [-0.3, -0.25) is 0 Å². The average molecular weight is 188 g/mol. The first-order valence-corrected chi connectivity index (χ1v) is 4.12. The minimum absolute atomic E-state index is 0.204. The van der Waals surface area contributed by atoms with Gasteiger partial charge in [0.25, 0.3) is 0 Å². The molecule has 0 saturated carbocycles. The fraction of sp³-hybridized carbons (Fsp3) is 0.333. The van der Waals surface area contributed by atoms with Gasteiger partial charge in [0.1, 0.15) is 5.82 Å². The van der Waals surface area contributed by atoms with Gasteiger partial charge >= 0.3 is 0 Å². The smallest absolute Gasteiger partial charge is 0.126 e. The lowest BCUT2D eigenvalue weighted by Gasteiger charge is -2.05. The van der Waals surface area contributed by atoms with E-state index in [4.69, 9.17) is 11.6 Å². The molecule has 1 aromatic rings. The van der Waals surface area contributed by atoms with Crippen LogP contribution in [0.4, 0.5) is 4.39 Å². The molecule has 0 unspecified atom stereocenters. The minimum atomic E-state index is -0.204. The first kappa shape index (κ1) is 9.49. The van der Waals surface area contributed by atoms with Gasteiger partial charge in [-0.1, -0.05) is 11.6 Å². The summed E-state index contributed by atoms with van der Waals surface area (Å²) in [5, 5.41) is 3.53. The minimum Gasteiger partial charge on any atom is -0.316 e. The molecule has 0 spiro atoms. The van der Waals surface area contributed by atoms with Gasteiger partial charge in [-0.05, 0) is 37.2 Å². The van der Waals surface area contributed by atoms with Crippen LogP contribution >= 0.6 is 11.6 Å². The monoisotopic (exact) mass is 187 g/mol. The van der Waals surface area contributed by atoms with E-state index in [0.29, 0.717) is 17.1 Å². The highest BCUT2D eigenvalue weighted by Crippen LogP contribution is 2.19. The molecule has 66 valence electrons. The van der Waals surface area contributed by atoms with Crippen molar-refractivity contribution in [1.29, 1.82) is 0 Å². The van der Waals surface area contributed by atoms with Crippen LogP contribution in [0.1, 0.15) is 11.1 Å². The quantitative estimate of drug-likeness (QED) is 0.750. The summed E-state index contributed by atoms with van der Waals surface area (Å²) >= 11 is 5.87. The molecule has 0 heterocycles. The van der Waals surface area contributed by atoms with Crippen LogP contribution < -0.4 is 5.32 Å². The van der Waals surface area contributed by atoms with E-state index in [1.807, 2.05) is 0 Å². The van der Waals surface area contributed by atoms with E-state index in [0.717, 1.165) is 5.56 Å². The Morgan fingerprint density at radius 3 is 2.75 bits per heavy atom. The van der Waals surface area contributed by atoms with Gasteiger partial charge in [0.15, 0.2) is 0 Å². The summed E-state index contributed by atoms with van der Waals surface area (Å²) in [6.45, 7) is 2.29. The molecule has 3 heteroatoms. The molecule has 0 aliphatic carbocycles. The van der Waals surface area contributed by atoms with Crippen molar-refractivity contribution in [3.8, 4) is 0 Å². The van der Waals surface area contributed by atoms with Gasteiger partial charge in [-0.25, -0.2) is 4.39 Å². The van der Waals surface area contributed by atoms with E-state index < -0.39 is 0 Å². The van der Waals surface area contributed by atoms with Gasteiger partial charge in [0, 0.05) is 11.6 Å². The normalized spacial score (nSPS) is 10.3. The van der Waals surface area contributed by atoms with Gasteiger partial charge in [-0.15, -0.1) is 0 Å². The zero-order valence-corrected chi connectivity index (χ0v) is 7.87. The largest absolute Gasteiger partial charge is 0.316 e. The zero-order valence-electron chi connectivity index (χ0n) is 7.12. The predicted octanol–water partition coefficient (Wildman–Crippen LogP) is 2.51. The highest BCUT2D eigenvalue weighted by atomic mass is 35.5. The average Bonchev–Trinajstić information content (AvgIpc) is 2.01. The van der Waals surface area contributed by atoms with Crippen LogP contribution in [0.5, 0.6) is 0 Å². The van der Waals surface area contributed by atoms with Crippen LogP contribution in [0.25, 0.3) is 0 Å². The molecule has 0 radical (unpaired) electrons. The van der Waals surface area contributed by atoms with E-state index in [-0.39, 0.29) is 5.82 Å². The summed E-state index contributed by atoms with van der Waals surface area (Å²) in [6.07, 6.45) is 0. The molecule has 0 aliphatic heterocycles. The van der Waals surface area contributed by atoms with Crippen LogP contribution in [0.2, 0.25) is 5.02 Å². The SMILES string of the molecule is CNCc1cc(F)c(C)cc1Cl. The van der Waals surface area contributed by atoms with Crippen LogP contribution in [-0.4, -0.2) is 7.05 Å². The molecule has 1 rings (SSSR count). The van der Waals surface area contributed by atoms with Crippen LogP contribution in [0, 0.1) is 12.7 Å². The third-order valence-corrected chi connectivity index (χ3v) is 2.05. The molecule has 0 atom stereocenters. The lowest BCUT2D eigenvalue weighted by atomic mass is 10.1. The standard InChI is InChI=1S/C9H11ClFN/c1-6-3-8(10)7(5-12-2)4-9(6)11/h3-4,12H,5H2,1-2H3. The summed E-state index contributed by atoms with van der Waals surface area (Å²) in [7, 11) is 1.80. The Morgan fingerprint density at radius 1 is 1.50 bits per heavy atom. The first-order valence-electron chi connectivity index (χ1n) is 3.74. The van der Waals surface area contributed by atoms with Crippen molar-refractivity contribution in [3.05, 3.63) is 34.1 Å². The second kappa shape index (κ2) is 3.87. The Hall–Kier alpha value is -0.600. The summed E-state index contributed by atoms with van der Waals surface area (Å²) < 4.78 is 13.0. The fourth-order valence-corrected chi connectivity index (χ4v) is 1.30. The lowest BCUT2D eigenvalue weighted by molar-refractivity contribution is 0.614. The summed E-state index contributed by atoms with van der Waals surface area (Å²) in [5.74, 6) is -0.204. The number of aryl methyl sites for hydroxylation is 1. The Labute approximate surface area is 76.5 Å². The van der Waals surface area contributed by atoms with Crippen LogP contribution in [0.15, 0.2) is 12.1 Å². The third-order valence-electron chi connectivity index (χ3n) is 1.69. The molecule has 1 nitrogen and oxygen atoms in total. The van der Waals surface area contributed by atoms with Crippen molar-refractivity contribution in [3.63, 3.8) is 0 Å². The van der Waals surface area contributed by atoms with Gasteiger partial charge in [-0.2, -0.15) is 0 Å². The maximum atomic E-state index is 13.0. The van der Waals surface area contributed by atoms with E-state index in [1.165, 1.54) is 6.07 Å². The molecule has 12 heavy (non-hydrogen) atoms. The Bertz CT molecular complexity index is 286. The Balaban J connectivity index is 3.05. The van der Waals surface area contributed by atoms with Gasteiger partial charge in [0.2, 0.25) is 0 Å². The fourth-order valence-electron chi connectivity index (χ4n) is 1.01. The molecule has 0 aliphatic rings. The Morgan fingerprint density at radius 2 is 2.17 bits per heavy atom. The number of nitrogens with one attached hydrogen (secondary N) is 1. The van der Waals surface area contributed by atoms with Gasteiger partial charge < -0.3 is 5.32 Å². The molecular weight excluding hydrogens is 177 g/mol. The molecule has 0 amide bonds. The van der Waals surface area contributed by atoms with Crippen molar-refractivity contribution in [2.24, 2.45) is 0 Å². The van der Waals surface area contributed by atoms with E-state index in [1.54, 1.807) is 20.0 Å². The number of rotatable bonds is 2. The predicted molar refractivity (Wildman–Crippen MR) is 48.9 cm³/mol. The number of halogens is 2. The van der Waals surface area contributed by atoms with Crippen molar-refractivity contribution in [1.82, 2.24) is 5.32 Å². The van der Waals surface area contributed by atoms with Crippen molar-refractivity contribution < 1.29 is 4.39 Å². The lowest BCUT2D eigenvalue weighted by Crippen LogP contribution is -2.06. The molecule has 0 saturated heterocycles. The van der Waals surface area contributed by atoms with Crippen LogP contribution in [0.3, 0.4) is 0 Å². The second-order valence-corrected chi connectivity index (χ2v) is 3.13. The Kier molecular flexibility index (Phi) is 3.06. The summed E-state index contributed by atoms with van der Waals surface area (Å²) in [6, 6.07) is 3.11.